The SMILES string of the molecule is CC(c1ccccc1F)N(C)CCCc1nc(CCl)cs1. The molecule has 0 fully saturated rings. The summed E-state index contributed by atoms with van der Waals surface area (Å²) in [6, 6.07) is 7.04. The van der Waals surface area contributed by atoms with Crippen molar-refractivity contribution in [3.8, 4) is 0 Å². The zero-order valence-electron chi connectivity index (χ0n) is 12.4. The molecule has 0 aliphatic rings. The molecular weight excluding hydrogens is 307 g/mol. The van der Waals surface area contributed by atoms with Crippen LogP contribution in [-0.4, -0.2) is 23.5 Å². The molecule has 0 amide bonds. The van der Waals surface area contributed by atoms with Crippen LogP contribution < -0.4 is 0 Å². The summed E-state index contributed by atoms with van der Waals surface area (Å²) in [5, 5.41) is 3.13. The molecule has 1 atom stereocenters. The molecule has 0 aliphatic carbocycles. The summed E-state index contributed by atoms with van der Waals surface area (Å²) >= 11 is 7.41. The third kappa shape index (κ3) is 4.50. The van der Waals surface area contributed by atoms with Crippen LogP contribution in [0.2, 0.25) is 0 Å². The van der Waals surface area contributed by atoms with Gasteiger partial charge in [-0.1, -0.05) is 18.2 Å². The Balaban J connectivity index is 1.84. The topological polar surface area (TPSA) is 16.1 Å². The number of hydrogen-bond donors (Lipinski definition) is 0. The van der Waals surface area contributed by atoms with Crippen molar-refractivity contribution in [2.75, 3.05) is 13.6 Å². The van der Waals surface area contributed by atoms with Gasteiger partial charge in [-0.05, 0) is 33.0 Å². The Morgan fingerprint density at radius 2 is 2.14 bits per heavy atom. The fourth-order valence-corrected chi connectivity index (χ4v) is 3.32. The van der Waals surface area contributed by atoms with E-state index in [0.29, 0.717) is 5.88 Å². The van der Waals surface area contributed by atoms with E-state index in [1.807, 2.05) is 31.5 Å². The molecule has 2 aromatic rings. The molecule has 1 aromatic heterocycles. The average Bonchev–Trinajstić information content (AvgIpc) is 2.95. The standard InChI is InChI=1S/C16H20ClFN2S/c1-12(14-6-3-4-7-15(14)18)20(2)9-5-8-16-19-13(10-17)11-21-16/h3-4,6-7,11-12H,5,8-10H2,1-2H3. The zero-order chi connectivity index (χ0) is 15.2. The Bertz CT molecular complexity index is 573. The van der Waals surface area contributed by atoms with E-state index in [0.717, 1.165) is 35.7 Å². The summed E-state index contributed by atoms with van der Waals surface area (Å²) in [5.74, 6) is 0.337. The first-order valence-electron chi connectivity index (χ1n) is 7.05. The molecule has 0 saturated carbocycles. The number of aryl methyl sites for hydroxylation is 1. The van der Waals surface area contributed by atoms with Crippen molar-refractivity contribution in [1.29, 1.82) is 0 Å². The lowest BCUT2D eigenvalue weighted by atomic mass is 10.1. The van der Waals surface area contributed by atoms with E-state index >= 15 is 0 Å². The fraction of sp³-hybridized carbons (Fsp3) is 0.438. The first kappa shape index (κ1) is 16.4. The van der Waals surface area contributed by atoms with E-state index in [-0.39, 0.29) is 11.9 Å². The molecular formula is C16H20ClFN2S. The van der Waals surface area contributed by atoms with E-state index in [1.165, 1.54) is 6.07 Å². The second-order valence-corrected chi connectivity index (χ2v) is 6.36. The van der Waals surface area contributed by atoms with Crippen LogP contribution in [0.5, 0.6) is 0 Å². The van der Waals surface area contributed by atoms with Crippen molar-refractivity contribution in [1.82, 2.24) is 9.88 Å². The molecule has 1 heterocycles. The first-order chi connectivity index (χ1) is 10.1. The molecule has 0 aliphatic heterocycles. The highest BCUT2D eigenvalue weighted by molar-refractivity contribution is 7.09. The number of alkyl halides is 1. The Labute approximate surface area is 134 Å². The van der Waals surface area contributed by atoms with Crippen molar-refractivity contribution >= 4 is 22.9 Å². The Morgan fingerprint density at radius 3 is 2.81 bits per heavy atom. The van der Waals surface area contributed by atoms with Gasteiger partial charge in [0.25, 0.3) is 0 Å². The Morgan fingerprint density at radius 1 is 1.38 bits per heavy atom. The number of aromatic nitrogens is 1. The van der Waals surface area contributed by atoms with E-state index in [9.17, 15) is 4.39 Å². The normalized spacial score (nSPS) is 12.8. The van der Waals surface area contributed by atoms with E-state index in [4.69, 9.17) is 11.6 Å². The quantitative estimate of drug-likeness (QED) is 0.689. The van der Waals surface area contributed by atoms with Crippen LogP contribution in [0, 0.1) is 5.82 Å². The maximum Gasteiger partial charge on any atom is 0.127 e. The van der Waals surface area contributed by atoms with Gasteiger partial charge in [-0.3, -0.25) is 4.90 Å². The molecule has 0 bridgehead atoms. The Kier molecular flexibility index (Phi) is 6.15. The highest BCUT2D eigenvalue weighted by atomic mass is 35.5. The molecule has 0 saturated heterocycles. The predicted octanol–water partition coefficient (Wildman–Crippen LogP) is 4.65. The van der Waals surface area contributed by atoms with E-state index in [1.54, 1.807) is 17.4 Å². The van der Waals surface area contributed by atoms with Gasteiger partial charge < -0.3 is 0 Å². The van der Waals surface area contributed by atoms with E-state index < -0.39 is 0 Å². The predicted molar refractivity (Wildman–Crippen MR) is 87.4 cm³/mol. The number of benzene rings is 1. The molecule has 2 nitrogen and oxygen atoms in total. The van der Waals surface area contributed by atoms with Crippen molar-refractivity contribution in [2.24, 2.45) is 0 Å². The summed E-state index contributed by atoms with van der Waals surface area (Å²) in [4.78, 5) is 6.63. The van der Waals surface area contributed by atoms with Crippen LogP contribution in [0.15, 0.2) is 29.6 Å². The van der Waals surface area contributed by atoms with Gasteiger partial charge in [0.2, 0.25) is 0 Å². The highest BCUT2D eigenvalue weighted by Crippen LogP contribution is 2.22. The molecule has 5 heteroatoms. The summed E-state index contributed by atoms with van der Waals surface area (Å²) in [6.45, 7) is 2.94. The molecule has 0 radical (unpaired) electrons. The monoisotopic (exact) mass is 326 g/mol. The number of halogens is 2. The van der Waals surface area contributed by atoms with Gasteiger partial charge in [0.15, 0.2) is 0 Å². The highest BCUT2D eigenvalue weighted by Gasteiger charge is 2.14. The lowest BCUT2D eigenvalue weighted by Gasteiger charge is -2.25. The van der Waals surface area contributed by atoms with Crippen LogP contribution in [0.25, 0.3) is 0 Å². The average molecular weight is 327 g/mol. The third-order valence-electron chi connectivity index (χ3n) is 3.65. The number of nitrogens with zero attached hydrogens (tertiary/aromatic N) is 2. The van der Waals surface area contributed by atoms with Gasteiger partial charge in [0.1, 0.15) is 5.82 Å². The molecule has 1 aromatic carbocycles. The van der Waals surface area contributed by atoms with Crippen LogP contribution in [0.3, 0.4) is 0 Å². The van der Waals surface area contributed by atoms with Gasteiger partial charge >= 0.3 is 0 Å². The van der Waals surface area contributed by atoms with Crippen molar-refractivity contribution in [3.63, 3.8) is 0 Å². The molecule has 114 valence electrons. The molecule has 0 spiro atoms. The van der Waals surface area contributed by atoms with Crippen molar-refractivity contribution in [3.05, 3.63) is 51.7 Å². The van der Waals surface area contributed by atoms with Crippen LogP contribution >= 0.6 is 22.9 Å². The van der Waals surface area contributed by atoms with Crippen LogP contribution in [0.1, 0.15) is 35.7 Å². The van der Waals surface area contributed by atoms with Gasteiger partial charge in [-0.25, -0.2) is 9.37 Å². The molecule has 0 N–H and O–H groups in total. The minimum absolute atomic E-state index is 0.0703. The second-order valence-electron chi connectivity index (χ2n) is 5.15. The van der Waals surface area contributed by atoms with Crippen LogP contribution in [-0.2, 0) is 12.3 Å². The Hall–Kier alpha value is -0.970. The van der Waals surface area contributed by atoms with Gasteiger partial charge in [-0.15, -0.1) is 22.9 Å². The molecule has 1 unspecified atom stereocenters. The summed E-state index contributed by atoms with van der Waals surface area (Å²) in [5.41, 5.74) is 1.70. The van der Waals surface area contributed by atoms with Crippen LogP contribution in [0.4, 0.5) is 4.39 Å². The first-order valence-corrected chi connectivity index (χ1v) is 8.47. The molecule has 21 heavy (non-hydrogen) atoms. The van der Waals surface area contributed by atoms with Crippen molar-refractivity contribution in [2.45, 2.75) is 31.7 Å². The van der Waals surface area contributed by atoms with E-state index in [2.05, 4.69) is 9.88 Å². The smallest absolute Gasteiger partial charge is 0.127 e. The summed E-state index contributed by atoms with van der Waals surface area (Å²) in [7, 11) is 2.03. The lowest BCUT2D eigenvalue weighted by molar-refractivity contribution is 0.253. The van der Waals surface area contributed by atoms with Gasteiger partial charge in [-0.2, -0.15) is 0 Å². The minimum atomic E-state index is -0.136. The van der Waals surface area contributed by atoms with Crippen molar-refractivity contribution < 1.29 is 4.39 Å². The summed E-state index contributed by atoms with van der Waals surface area (Å²) in [6.07, 6.45) is 1.94. The maximum atomic E-state index is 13.8. The lowest BCUT2D eigenvalue weighted by Crippen LogP contribution is -2.24. The maximum absolute atomic E-state index is 13.8. The number of rotatable bonds is 7. The minimum Gasteiger partial charge on any atom is -0.300 e. The third-order valence-corrected chi connectivity index (χ3v) is 4.89. The zero-order valence-corrected chi connectivity index (χ0v) is 13.9. The largest absolute Gasteiger partial charge is 0.300 e. The van der Waals surface area contributed by atoms with Gasteiger partial charge in [0, 0.05) is 23.4 Å². The second kappa shape index (κ2) is 7.87. The number of thiazole rings is 1. The summed E-state index contributed by atoms with van der Waals surface area (Å²) < 4.78 is 13.8. The van der Waals surface area contributed by atoms with Gasteiger partial charge in [0.05, 0.1) is 16.6 Å². The number of hydrogen-bond acceptors (Lipinski definition) is 3. The fourth-order valence-electron chi connectivity index (χ4n) is 2.25. The molecule has 2 rings (SSSR count).